The van der Waals surface area contributed by atoms with E-state index in [1.165, 1.54) is 5.56 Å². The van der Waals surface area contributed by atoms with Gasteiger partial charge in [0.15, 0.2) is 0 Å². The first kappa shape index (κ1) is 13.3. The van der Waals surface area contributed by atoms with E-state index < -0.39 is 0 Å². The van der Waals surface area contributed by atoms with Gasteiger partial charge in [-0.05, 0) is 37.2 Å². The molecular formula is C14H22N2O2. The lowest BCUT2D eigenvalue weighted by molar-refractivity contribution is 0.0619. The fraction of sp³-hybridized carbons (Fsp3) is 0.643. The number of hydrogen-bond acceptors (Lipinski definition) is 4. The number of methoxy groups -OCH3 is 1. The molecule has 1 aliphatic rings. The van der Waals surface area contributed by atoms with Crippen LogP contribution in [0.4, 0.5) is 0 Å². The average Bonchev–Trinajstić information content (AvgIpc) is 2.40. The van der Waals surface area contributed by atoms with Gasteiger partial charge in [0, 0.05) is 31.5 Å². The third-order valence-corrected chi connectivity index (χ3v) is 3.48. The predicted octanol–water partition coefficient (Wildman–Crippen LogP) is 1.78. The molecule has 2 rings (SSSR count). The Kier molecular flexibility index (Phi) is 4.96. The van der Waals surface area contributed by atoms with E-state index in [4.69, 9.17) is 15.2 Å². The van der Waals surface area contributed by atoms with E-state index in [9.17, 15) is 0 Å². The first-order chi connectivity index (χ1) is 8.78. The normalized spacial score (nSPS) is 18.6. The van der Waals surface area contributed by atoms with Crippen LogP contribution in [-0.2, 0) is 11.2 Å². The highest BCUT2D eigenvalue weighted by molar-refractivity contribution is 5.18. The second-order valence-corrected chi connectivity index (χ2v) is 4.96. The van der Waals surface area contributed by atoms with Crippen molar-refractivity contribution in [1.82, 2.24) is 4.98 Å². The van der Waals surface area contributed by atoms with Gasteiger partial charge in [-0.2, -0.15) is 0 Å². The van der Waals surface area contributed by atoms with Crippen LogP contribution in [0.15, 0.2) is 18.3 Å². The smallest absolute Gasteiger partial charge is 0.212 e. The molecule has 1 aromatic rings. The van der Waals surface area contributed by atoms with E-state index in [1.54, 1.807) is 7.11 Å². The van der Waals surface area contributed by atoms with E-state index in [0.717, 1.165) is 44.8 Å². The molecule has 4 heteroatoms. The molecule has 1 aliphatic heterocycles. The predicted molar refractivity (Wildman–Crippen MR) is 70.6 cm³/mol. The Labute approximate surface area is 108 Å². The summed E-state index contributed by atoms with van der Waals surface area (Å²) in [6, 6.07) is 4.13. The van der Waals surface area contributed by atoms with Gasteiger partial charge in [0.25, 0.3) is 0 Å². The molecular weight excluding hydrogens is 228 g/mol. The van der Waals surface area contributed by atoms with Gasteiger partial charge in [-0.15, -0.1) is 0 Å². The van der Waals surface area contributed by atoms with E-state index in [-0.39, 0.29) is 6.04 Å². The molecule has 4 nitrogen and oxygen atoms in total. The van der Waals surface area contributed by atoms with Gasteiger partial charge in [0.05, 0.1) is 7.11 Å². The third kappa shape index (κ3) is 3.96. The highest BCUT2D eigenvalue weighted by Gasteiger charge is 2.17. The molecule has 1 unspecified atom stereocenters. The quantitative estimate of drug-likeness (QED) is 0.865. The Morgan fingerprint density at radius 3 is 2.83 bits per heavy atom. The number of rotatable bonds is 5. The summed E-state index contributed by atoms with van der Waals surface area (Å²) in [5.74, 6) is 1.37. The zero-order valence-electron chi connectivity index (χ0n) is 11.0. The van der Waals surface area contributed by atoms with Crippen LogP contribution in [0.25, 0.3) is 0 Å². The van der Waals surface area contributed by atoms with Crippen molar-refractivity contribution < 1.29 is 9.47 Å². The van der Waals surface area contributed by atoms with Gasteiger partial charge in [-0.1, -0.05) is 6.07 Å². The van der Waals surface area contributed by atoms with Crippen molar-refractivity contribution in [2.75, 3.05) is 20.3 Å². The molecule has 0 spiro atoms. The van der Waals surface area contributed by atoms with Gasteiger partial charge < -0.3 is 15.2 Å². The third-order valence-electron chi connectivity index (χ3n) is 3.48. The Morgan fingerprint density at radius 1 is 1.44 bits per heavy atom. The minimum absolute atomic E-state index is 0.211. The van der Waals surface area contributed by atoms with Crippen LogP contribution in [0.5, 0.6) is 5.88 Å². The van der Waals surface area contributed by atoms with Gasteiger partial charge in [-0.25, -0.2) is 4.98 Å². The molecule has 1 saturated heterocycles. The van der Waals surface area contributed by atoms with Crippen LogP contribution >= 0.6 is 0 Å². The Morgan fingerprint density at radius 2 is 2.22 bits per heavy atom. The molecule has 0 saturated carbocycles. The maximum absolute atomic E-state index is 6.21. The summed E-state index contributed by atoms with van der Waals surface area (Å²) in [5, 5.41) is 0. The zero-order chi connectivity index (χ0) is 12.8. The van der Waals surface area contributed by atoms with Gasteiger partial charge in [-0.3, -0.25) is 0 Å². The molecule has 1 aromatic heterocycles. The summed E-state index contributed by atoms with van der Waals surface area (Å²) in [6.07, 6.45) is 6.11. The lowest BCUT2D eigenvalue weighted by Crippen LogP contribution is -2.28. The fourth-order valence-corrected chi connectivity index (χ4v) is 2.45. The van der Waals surface area contributed by atoms with E-state index in [2.05, 4.69) is 4.98 Å². The molecule has 0 amide bonds. The Balaban J connectivity index is 1.80. The highest BCUT2D eigenvalue weighted by atomic mass is 16.5. The van der Waals surface area contributed by atoms with Crippen molar-refractivity contribution >= 4 is 0 Å². The van der Waals surface area contributed by atoms with E-state index in [0.29, 0.717) is 5.88 Å². The molecule has 0 aromatic carbocycles. The largest absolute Gasteiger partial charge is 0.481 e. The van der Waals surface area contributed by atoms with Crippen LogP contribution in [0.1, 0.15) is 24.8 Å². The monoisotopic (exact) mass is 250 g/mol. The van der Waals surface area contributed by atoms with Crippen molar-refractivity contribution in [3.05, 3.63) is 23.9 Å². The van der Waals surface area contributed by atoms with Crippen molar-refractivity contribution in [1.29, 1.82) is 0 Å². The number of aromatic nitrogens is 1. The Bertz CT molecular complexity index is 347. The maximum Gasteiger partial charge on any atom is 0.212 e. The van der Waals surface area contributed by atoms with Crippen molar-refractivity contribution in [2.24, 2.45) is 11.7 Å². The van der Waals surface area contributed by atoms with Crippen LogP contribution in [0, 0.1) is 5.92 Å². The molecule has 1 atom stereocenters. The summed E-state index contributed by atoms with van der Waals surface area (Å²) in [4.78, 5) is 4.20. The second kappa shape index (κ2) is 6.71. The SMILES string of the molecule is COc1ccc(CC(N)CC2CCOCC2)cn1. The standard InChI is InChI=1S/C14H22N2O2/c1-17-14-3-2-12(10-16-14)9-13(15)8-11-4-6-18-7-5-11/h2-3,10-11,13H,4-9,15H2,1H3. The number of ether oxygens (including phenoxy) is 2. The number of nitrogens with zero attached hydrogens (tertiary/aromatic N) is 1. The topological polar surface area (TPSA) is 57.4 Å². The second-order valence-electron chi connectivity index (χ2n) is 4.96. The molecule has 0 bridgehead atoms. The number of pyridine rings is 1. The highest BCUT2D eigenvalue weighted by Crippen LogP contribution is 2.21. The van der Waals surface area contributed by atoms with E-state index in [1.807, 2.05) is 18.3 Å². The lowest BCUT2D eigenvalue weighted by atomic mass is 9.90. The first-order valence-corrected chi connectivity index (χ1v) is 6.60. The summed E-state index contributed by atoms with van der Waals surface area (Å²) >= 11 is 0. The summed E-state index contributed by atoms with van der Waals surface area (Å²) in [5.41, 5.74) is 7.38. The van der Waals surface area contributed by atoms with Crippen LogP contribution < -0.4 is 10.5 Å². The summed E-state index contributed by atoms with van der Waals surface area (Å²) in [6.45, 7) is 1.78. The number of hydrogen-bond donors (Lipinski definition) is 1. The molecule has 100 valence electrons. The average molecular weight is 250 g/mol. The van der Waals surface area contributed by atoms with Crippen LogP contribution in [0.3, 0.4) is 0 Å². The first-order valence-electron chi connectivity index (χ1n) is 6.60. The van der Waals surface area contributed by atoms with Crippen molar-refractivity contribution in [2.45, 2.75) is 31.7 Å². The van der Waals surface area contributed by atoms with Crippen LogP contribution in [-0.4, -0.2) is 31.3 Å². The molecule has 2 heterocycles. The molecule has 2 N–H and O–H groups in total. The van der Waals surface area contributed by atoms with Gasteiger partial charge in [0.2, 0.25) is 5.88 Å². The maximum atomic E-state index is 6.21. The van der Waals surface area contributed by atoms with Crippen molar-refractivity contribution in [3.63, 3.8) is 0 Å². The fourth-order valence-electron chi connectivity index (χ4n) is 2.45. The number of nitrogens with two attached hydrogens (primary N) is 1. The Hall–Kier alpha value is -1.13. The minimum atomic E-state index is 0.211. The molecule has 0 aliphatic carbocycles. The van der Waals surface area contributed by atoms with Crippen LogP contribution in [0.2, 0.25) is 0 Å². The summed E-state index contributed by atoms with van der Waals surface area (Å²) < 4.78 is 10.4. The van der Waals surface area contributed by atoms with Gasteiger partial charge >= 0.3 is 0 Å². The molecule has 18 heavy (non-hydrogen) atoms. The van der Waals surface area contributed by atoms with Gasteiger partial charge in [0.1, 0.15) is 0 Å². The van der Waals surface area contributed by atoms with Crippen molar-refractivity contribution in [3.8, 4) is 5.88 Å². The summed E-state index contributed by atoms with van der Waals surface area (Å²) in [7, 11) is 1.62. The molecule has 0 radical (unpaired) electrons. The minimum Gasteiger partial charge on any atom is -0.481 e. The molecule has 1 fully saturated rings. The zero-order valence-corrected chi connectivity index (χ0v) is 11.0. The lowest BCUT2D eigenvalue weighted by Gasteiger charge is -2.24. The van der Waals surface area contributed by atoms with E-state index >= 15 is 0 Å².